The van der Waals surface area contributed by atoms with Crippen molar-refractivity contribution < 1.29 is 14.6 Å². The van der Waals surface area contributed by atoms with Gasteiger partial charge in [0.2, 0.25) is 0 Å². The molecular formula is C29H40N2O3. The van der Waals surface area contributed by atoms with E-state index >= 15 is 0 Å². The van der Waals surface area contributed by atoms with Crippen LogP contribution in [0.2, 0.25) is 0 Å². The number of carboxylic acids is 1. The highest BCUT2D eigenvalue weighted by molar-refractivity contribution is 5.80. The second-order valence-corrected chi connectivity index (χ2v) is 12.3. The second-order valence-electron chi connectivity index (χ2n) is 12.3. The molecule has 0 unspecified atom stereocenters. The summed E-state index contributed by atoms with van der Waals surface area (Å²) in [6.07, 6.45) is 10.3. The monoisotopic (exact) mass is 464 g/mol. The van der Waals surface area contributed by atoms with Gasteiger partial charge in [0.1, 0.15) is 5.75 Å². The smallest absolute Gasteiger partial charge is 0.309 e. The highest BCUT2D eigenvalue weighted by atomic mass is 16.5. The Morgan fingerprint density at radius 2 is 1.71 bits per heavy atom. The molecule has 1 aromatic heterocycles. The van der Waals surface area contributed by atoms with Crippen LogP contribution in [0.5, 0.6) is 5.75 Å². The van der Waals surface area contributed by atoms with Crippen LogP contribution < -0.4 is 10.1 Å². The van der Waals surface area contributed by atoms with Crippen molar-refractivity contribution in [3.05, 3.63) is 36.0 Å². The molecule has 184 valence electrons. The summed E-state index contributed by atoms with van der Waals surface area (Å²) in [5.74, 6) is 1.14. The van der Waals surface area contributed by atoms with E-state index in [1.165, 1.54) is 12.8 Å². The summed E-state index contributed by atoms with van der Waals surface area (Å²) in [4.78, 5) is 16.6. The zero-order chi connectivity index (χ0) is 24.0. The number of benzene rings is 1. The van der Waals surface area contributed by atoms with Gasteiger partial charge < -0.3 is 15.2 Å². The molecule has 0 saturated heterocycles. The van der Waals surface area contributed by atoms with Crippen LogP contribution in [0.4, 0.5) is 0 Å². The van der Waals surface area contributed by atoms with Crippen molar-refractivity contribution in [2.24, 2.45) is 16.7 Å². The number of hydrogen-bond donors (Lipinski definition) is 2. The maximum atomic E-state index is 11.7. The van der Waals surface area contributed by atoms with Gasteiger partial charge >= 0.3 is 5.97 Å². The van der Waals surface area contributed by atoms with Gasteiger partial charge in [0.15, 0.2) is 0 Å². The quantitative estimate of drug-likeness (QED) is 0.511. The molecule has 0 atom stereocenters. The normalized spacial score (nSPS) is 31.5. The summed E-state index contributed by atoms with van der Waals surface area (Å²) < 4.78 is 6.36. The van der Waals surface area contributed by atoms with Gasteiger partial charge in [-0.25, -0.2) is 0 Å². The number of carbonyl (C=O) groups is 1. The molecule has 4 aliphatic carbocycles. The summed E-state index contributed by atoms with van der Waals surface area (Å²) in [6, 6.07) is 10.5. The van der Waals surface area contributed by atoms with Gasteiger partial charge in [0.25, 0.3) is 0 Å². The van der Waals surface area contributed by atoms with Crippen molar-refractivity contribution in [2.75, 3.05) is 0 Å². The third-order valence-electron chi connectivity index (χ3n) is 9.26. The summed E-state index contributed by atoms with van der Waals surface area (Å²) in [7, 11) is 0. The average Bonchev–Trinajstić information content (AvgIpc) is 2.83. The van der Waals surface area contributed by atoms with Gasteiger partial charge in [-0.05, 0) is 99.8 Å². The van der Waals surface area contributed by atoms with E-state index in [0.717, 1.165) is 86.2 Å². The molecule has 2 N–H and O–H groups in total. The molecule has 4 saturated carbocycles. The van der Waals surface area contributed by atoms with Gasteiger partial charge in [-0.3, -0.25) is 9.78 Å². The maximum Gasteiger partial charge on any atom is 0.309 e. The van der Waals surface area contributed by atoms with Crippen LogP contribution in [-0.2, 0) is 11.3 Å². The van der Waals surface area contributed by atoms with Crippen LogP contribution in [0, 0.1) is 16.7 Å². The van der Waals surface area contributed by atoms with Gasteiger partial charge in [-0.2, -0.15) is 0 Å². The summed E-state index contributed by atoms with van der Waals surface area (Å²) in [5.41, 5.74) is 2.05. The number of hydrogen-bond acceptors (Lipinski definition) is 4. The fraction of sp³-hybridized carbons (Fsp3) is 0.655. The number of aromatic nitrogens is 1. The van der Waals surface area contributed by atoms with E-state index in [1.54, 1.807) is 0 Å². The number of pyridine rings is 1. The van der Waals surface area contributed by atoms with Crippen LogP contribution >= 0.6 is 0 Å². The van der Waals surface area contributed by atoms with E-state index in [1.807, 2.05) is 0 Å². The predicted octanol–water partition coefficient (Wildman–Crippen LogP) is 6.49. The molecule has 4 aliphatic rings. The summed E-state index contributed by atoms with van der Waals surface area (Å²) in [5, 5.41) is 14.5. The van der Waals surface area contributed by atoms with E-state index in [2.05, 4.69) is 56.4 Å². The molecule has 0 spiro atoms. The molecule has 1 heterocycles. The highest BCUT2D eigenvalue weighted by Crippen LogP contribution is 2.52. The predicted molar refractivity (Wildman–Crippen MR) is 135 cm³/mol. The number of aliphatic carboxylic acids is 1. The SMILES string of the molecule is CC(C)(C)C1CCC(Oc2ccc3nc(CNC45CCC(C(=O)O)(CC4)CC5)ccc3c2)CC1. The molecule has 34 heavy (non-hydrogen) atoms. The molecule has 2 bridgehead atoms. The lowest BCUT2D eigenvalue weighted by Gasteiger charge is -2.51. The first kappa shape index (κ1) is 23.6. The molecule has 2 aromatic rings. The first-order valence-electron chi connectivity index (χ1n) is 13.2. The van der Waals surface area contributed by atoms with E-state index in [0.29, 0.717) is 11.5 Å². The minimum absolute atomic E-state index is 0.0809. The zero-order valence-corrected chi connectivity index (χ0v) is 21.0. The van der Waals surface area contributed by atoms with E-state index in [4.69, 9.17) is 9.72 Å². The van der Waals surface area contributed by atoms with Crippen LogP contribution in [0.25, 0.3) is 10.9 Å². The average molecular weight is 465 g/mol. The minimum atomic E-state index is -0.599. The Morgan fingerprint density at radius 1 is 1.03 bits per heavy atom. The molecule has 6 rings (SSSR count). The standard InChI is InChI=1S/C29H40N2O3/c1-27(2,3)21-5-8-23(9-6-21)34-24-10-11-25-20(18-24)4-7-22(31-25)19-30-29-15-12-28(13-16-29,14-17-29)26(32)33/h4,7,10-11,18,21,23,30H,5-6,8-9,12-17,19H2,1-3H3,(H,32,33). The molecule has 1 aromatic carbocycles. The molecule has 5 heteroatoms. The fourth-order valence-corrected chi connectivity index (χ4v) is 6.61. The lowest BCUT2D eigenvalue weighted by Crippen LogP contribution is -2.56. The lowest BCUT2D eigenvalue weighted by molar-refractivity contribution is -0.156. The van der Waals surface area contributed by atoms with Crippen molar-refractivity contribution in [1.82, 2.24) is 10.3 Å². The Balaban J connectivity index is 1.18. The van der Waals surface area contributed by atoms with E-state index in [-0.39, 0.29) is 5.54 Å². The molecule has 4 fully saturated rings. The van der Waals surface area contributed by atoms with Crippen LogP contribution in [0.15, 0.2) is 30.3 Å². The fourth-order valence-electron chi connectivity index (χ4n) is 6.61. The highest BCUT2D eigenvalue weighted by Gasteiger charge is 2.52. The number of nitrogens with zero attached hydrogens (tertiary/aromatic N) is 1. The number of ether oxygens (including phenoxy) is 1. The summed E-state index contributed by atoms with van der Waals surface area (Å²) in [6.45, 7) is 7.79. The number of carboxylic acid groups (broad SMARTS) is 1. The van der Waals surface area contributed by atoms with Crippen molar-refractivity contribution >= 4 is 16.9 Å². The topological polar surface area (TPSA) is 71.5 Å². The van der Waals surface area contributed by atoms with Crippen molar-refractivity contribution in [3.8, 4) is 5.75 Å². The van der Waals surface area contributed by atoms with Crippen molar-refractivity contribution in [3.63, 3.8) is 0 Å². The number of fused-ring (bicyclic) bond motifs is 4. The van der Waals surface area contributed by atoms with Gasteiger partial charge in [-0.1, -0.05) is 26.8 Å². The maximum absolute atomic E-state index is 11.7. The van der Waals surface area contributed by atoms with E-state index < -0.39 is 11.4 Å². The van der Waals surface area contributed by atoms with Gasteiger partial charge in [-0.15, -0.1) is 0 Å². The Kier molecular flexibility index (Phi) is 6.12. The molecule has 5 nitrogen and oxygen atoms in total. The molecule has 0 amide bonds. The summed E-state index contributed by atoms with van der Waals surface area (Å²) >= 11 is 0. The number of rotatable bonds is 6. The Hall–Kier alpha value is -2.14. The zero-order valence-electron chi connectivity index (χ0n) is 21.0. The van der Waals surface area contributed by atoms with Crippen LogP contribution in [-0.4, -0.2) is 27.7 Å². The molecule has 0 aliphatic heterocycles. The van der Waals surface area contributed by atoms with Crippen molar-refractivity contribution in [1.29, 1.82) is 0 Å². The van der Waals surface area contributed by atoms with E-state index in [9.17, 15) is 9.90 Å². The van der Waals surface area contributed by atoms with Gasteiger partial charge in [0, 0.05) is 17.5 Å². The third kappa shape index (κ3) is 4.68. The number of nitrogens with one attached hydrogen (secondary N) is 1. The molecule has 0 radical (unpaired) electrons. The third-order valence-corrected chi connectivity index (χ3v) is 9.26. The van der Waals surface area contributed by atoms with Crippen LogP contribution in [0.3, 0.4) is 0 Å². The Morgan fingerprint density at radius 3 is 2.32 bits per heavy atom. The molecular weight excluding hydrogens is 424 g/mol. The minimum Gasteiger partial charge on any atom is -0.490 e. The van der Waals surface area contributed by atoms with Crippen molar-refractivity contribution in [2.45, 2.75) is 103 Å². The van der Waals surface area contributed by atoms with Crippen LogP contribution in [0.1, 0.15) is 90.7 Å². The first-order valence-corrected chi connectivity index (χ1v) is 13.2. The second kappa shape index (κ2) is 8.82. The lowest BCUT2D eigenvalue weighted by atomic mass is 9.57. The first-order chi connectivity index (χ1) is 16.2. The van der Waals surface area contributed by atoms with Gasteiger partial charge in [0.05, 0.1) is 22.7 Å². The Labute approximate surface area is 203 Å². The Bertz CT molecular complexity index is 1020. The largest absolute Gasteiger partial charge is 0.490 e.